The van der Waals surface area contributed by atoms with Crippen LogP contribution in [0.25, 0.3) is 0 Å². The Morgan fingerprint density at radius 3 is 2.25 bits per heavy atom. The van der Waals surface area contributed by atoms with Crippen molar-refractivity contribution in [1.29, 1.82) is 0 Å². The molecular formula is C17H18N4O2S. The minimum Gasteiger partial charge on any atom is -0.357 e. The molecule has 0 radical (unpaired) electrons. The lowest BCUT2D eigenvalue weighted by Crippen LogP contribution is -2.49. The van der Waals surface area contributed by atoms with Gasteiger partial charge >= 0.3 is 11.8 Å². The van der Waals surface area contributed by atoms with Gasteiger partial charge in [-0.25, -0.2) is 0 Å². The molecule has 0 aliphatic rings. The van der Waals surface area contributed by atoms with E-state index in [4.69, 9.17) is 12.2 Å². The Kier molecular flexibility index (Phi) is 6.27. The molecule has 0 saturated carbocycles. The fraction of sp³-hybridized carbons (Fsp3) is 0.118. The Labute approximate surface area is 145 Å². The first-order chi connectivity index (χ1) is 11.5. The molecule has 124 valence electrons. The number of benzene rings is 2. The molecule has 0 saturated heterocycles. The Morgan fingerprint density at radius 1 is 0.917 bits per heavy atom. The van der Waals surface area contributed by atoms with Gasteiger partial charge in [-0.2, -0.15) is 0 Å². The minimum atomic E-state index is -0.834. The molecule has 0 heterocycles. The highest BCUT2D eigenvalue weighted by Crippen LogP contribution is 2.08. The van der Waals surface area contributed by atoms with Crippen molar-refractivity contribution in [1.82, 2.24) is 16.2 Å². The van der Waals surface area contributed by atoms with E-state index >= 15 is 0 Å². The van der Waals surface area contributed by atoms with Crippen LogP contribution in [0, 0.1) is 6.92 Å². The third kappa shape index (κ3) is 5.69. The first-order valence-corrected chi connectivity index (χ1v) is 7.71. The van der Waals surface area contributed by atoms with Gasteiger partial charge in [0.15, 0.2) is 5.11 Å². The van der Waals surface area contributed by atoms with E-state index in [2.05, 4.69) is 21.5 Å². The van der Waals surface area contributed by atoms with Crippen LogP contribution >= 0.6 is 12.2 Å². The number of carbonyl (C=O) groups is 2. The molecule has 0 aliphatic heterocycles. The number of aryl methyl sites for hydroxylation is 1. The third-order valence-corrected chi connectivity index (χ3v) is 3.35. The largest absolute Gasteiger partial charge is 0.357 e. The van der Waals surface area contributed by atoms with E-state index in [1.165, 1.54) is 0 Å². The standard InChI is InChI=1S/C17H18N4O2S/c1-12-7-9-14(10-8-12)19-15(22)16(23)20-21-17(24)18-11-13-5-3-2-4-6-13/h2-10H,11H2,1H3,(H,19,22)(H,20,23)(H2,18,21,24). The predicted molar refractivity (Wildman–Crippen MR) is 97.0 cm³/mol. The monoisotopic (exact) mass is 342 g/mol. The zero-order chi connectivity index (χ0) is 17.4. The average Bonchev–Trinajstić information content (AvgIpc) is 2.60. The lowest BCUT2D eigenvalue weighted by atomic mass is 10.2. The number of hydrazine groups is 1. The van der Waals surface area contributed by atoms with Gasteiger partial charge in [0, 0.05) is 12.2 Å². The van der Waals surface area contributed by atoms with Gasteiger partial charge in [-0.1, -0.05) is 48.0 Å². The highest BCUT2D eigenvalue weighted by Gasteiger charge is 2.13. The maximum Gasteiger partial charge on any atom is 0.328 e. The van der Waals surface area contributed by atoms with E-state index in [0.29, 0.717) is 12.2 Å². The first-order valence-electron chi connectivity index (χ1n) is 7.30. The van der Waals surface area contributed by atoms with Crippen molar-refractivity contribution in [3.05, 3.63) is 65.7 Å². The third-order valence-electron chi connectivity index (χ3n) is 3.10. The molecule has 0 spiro atoms. The first kappa shape index (κ1) is 17.4. The Morgan fingerprint density at radius 2 is 1.58 bits per heavy atom. The van der Waals surface area contributed by atoms with Crippen molar-refractivity contribution in [2.45, 2.75) is 13.5 Å². The molecular weight excluding hydrogens is 324 g/mol. The summed E-state index contributed by atoms with van der Waals surface area (Å²) in [6.45, 7) is 2.45. The second-order valence-corrected chi connectivity index (χ2v) is 5.48. The number of thiocarbonyl (C=S) groups is 1. The second-order valence-electron chi connectivity index (χ2n) is 5.07. The van der Waals surface area contributed by atoms with Gasteiger partial charge in [-0.05, 0) is 36.8 Å². The molecule has 0 fully saturated rings. The van der Waals surface area contributed by atoms with Crippen LogP contribution in [0.4, 0.5) is 5.69 Å². The zero-order valence-corrected chi connectivity index (χ0v) is 13.9. The fourth-order valence-electron chi connectivity index (χ4n) is 1.82. The van der Waals surface area contributed by atoms with Crippen molar-refractivity contribution < 1.29 is 9.59 Å². The summed E-state index contributed by atoms with van der Waals surface area (Å²) in [5.74, 6) is -1.61. The molecule has 0 bridgehead atoms. The molecule has 2 rings (SSSR count). The van der Waals surface area contributed by atoms with Crippen molar-refractivity contribution >= 4 is 34.8 Å². The van der Waals surface area contributed by atoms with Crippen LogP contribution in [0.2, 0.25) is 0 Å². The van der Waals surface area contributed by atoms with Gasteiger partial charge in [0.05, 0.1) is 0 Å². The summed E-state index contributed by atoms with van der Waals surface area (Å²) in [6, 6.07) is 16.8. The van der Waals surface area contributed by atoms with Crippen LogP contribution < -0.4 is 21.5 Å². The summed E-state index contributed by atoms with van der Waals surface area (Å²) in [5, 5.41) is 5.64. The molecule has 0 aliphatic carbocycles. The summed E-state index contributed by atoms with van der Waals surface area (Å²) in [4.78, 5) is 23.5. The molecule has 0 aromatic heterocycles. The number of anilines is 1. The molecule has 24 heavy (non-hydrogen) atoms. The summed E-state index contributed by atoms with van der Waals surface area (Å²) in [7, 11) is 0. The van der Waals surface area contributed by atoms with Crippen molar-refractivity contribution in [2.75, 3.05) is 5.32 Å². The topological polar surface area (TPSA) is 82.3 Å². The number of nitrogens with one attached hydrogen (secondary N) is 4. The van der Waals surface area contributed by atoms with Gasteiger partial charge in [-0.3, -0.25) is 20.4 Å². The smallest absolute Gasteiger partial charge is 0.328 e. The normalized spacial score (nSPS) is 9.71. The van der Waals surface area contributed by atoms with Gasteiger partial charge in [0.2, 0.25) is 0 Å². The van der Waals surface area contributed by atoms with Crippen LogP contribution in [0.15, 0.2) is 54.6 Å². The molecule has 2 aromatic carbocycles. The number of hydrogen-bond acceptors (Lipinski definition) is 3. The fourth-order valence-corrected chi connectivity index (χ4v) is 1.94. The Balaban J connectivity index is 1.72. The maximum absolute atomic E-state index is 11.8. The molecule has 2 amide bonds. The summed E-state index contributed by atoms with van der Waals surface area (Å²) >= 11 is 5.03. The SMILES string of the molecule is Cc1ccc(NC(=O)C(=O)NNC(=S)NCc2ccccc2)cc1. The lowest BCUT2D eigenvalue weighted by Gasteiger charge is -2.11. The second kappa shape index (κ2) is 8.64. The van der Waals surface area contributed by atoms with E-state index < -0.39 is 11.8 Å². The van der Waals surface area contributed by atoms with Gasteiger partial charge < -0.3 is 10.6 Å². The van der Waals surface area contributed by atoms with E-state index in [0.717, 1.165) is 11.1 Å². The van der Waals surface area contributed by atoms with Crippen LogP contribution in [0.1, 0.15) is 11.1 Å². The Hall–Kier alpha value is -2.93. The molecule has 0 atom stereocenters. The molecule has 6 nitrogen and oxygen atoms in total. The number of hydrogen-bond donors (Lipinski definition) is 4. The summed E-state index contributed by atoms with van der Waals surface area (Å²) in [6.07, 6.45) is 0. The summed E-state index contributed by atoms with van der Waals surface area (Å²) in [5.41, 5.74) is 7.39. The van der Waals surface area contributed by atoms with E-state index in [-0.39, 0.29) is 5.11 Å². The van der Waals surface area contributed by atoms with Crippen molar-refractivity contribution in [2.24, 2.45) is 0 Å². The van der Waals surface area contributed by atoms with Crippen LogP contribution in [0.3, 0.4) is 0 Å². The highest BCUT2D eigenvalue weighted by molar-refractivity contribution is 7.80. The van der Waals surface area contributed by atoms with Gasteiger partial charge in [0.25, 0.3) is 0 Å². The van der Waals surface area contributed by atoms with E-state index in [1.54, 1.807) is 12.1 Å². The van der Waals surface area contributed by atoms with Gasteiger partial charge in [0.1, 0.15) is 0 Å². The number of carbonyl (C=O) groups excluding carboxylic acids is 2. The van der Waals surface area contributed by atoms with Crippen molar-refractivity contribution in [3.63, 3.8) is 0 Å². The Bertz CT molecular complexity index is 717. The molecule has 7 heteroatoms. The predicted octanol–water partition coefficient (Wildman–Crippen LogP) is 1.63. The lowest BCUT2D eigenvalue weighted by molar-refractivity contribution is -0.136. The highest BCUT2D eigenvalue weighted by atomic mass is 32.1. The van der Waals surface area contributed by atoms with Crippen LogP contribution in [-0.2, 0) is 16.1 Å². The molecule has 4 N–H and O–H groups in total. The van der Waals surface area contributed by atoms with Crippen LogP contribution in [0.5, 0.6) is 0 Å². The average molecular weight is 342 g/mol. The minimum absolute atomic E-state index is 0.218. The summed E-state index contributed by atoms with van der Waals surface area (Å²) < 4.78 is 0. The molecule has 2 aromatic rings. The maximum atomic E-state index is 11.8. The van der Waals surface area contributed by atoms with Crippen LogP contribution in [-0.4, -0.2) is 16.9 Å². The number of amides is 2. The van der Waals surface area contributed by atoms with E-state index in [9.17, 15) is 9.59 Å². The quantitative estimate of drug-likeness (QED) is 0.387. The number of rotatable bonds is 3. The van der Waals surface area contributed by atoms with Crippen molar-refractivity contribution in [3.8, 4) is 0 Å². The molecule has 0 unspecified atom stereocenters. The van der Waals surface area contributed by atoms with Gasteiger partial charge in [-0.15, -0.1) is 0 Å². The van der Waals surface area contributed by atoms with E-state index in [1.807, 2.05) is 49.4 Å². The zero-order valence-electron chi connectivity index (χ0n) is 13.1.